The first-order valence-electron chi connectivity index (χ1n) is 5.79. The summed E-state index contributed by atoms with van der Waals surface area (Å²) in [7, 11) is 0. The number of nitrogens with two attached hydrogens (primary N) is 2. The van der Waals surface area contributed by atoms with Crippen LogP contribution in [0.4, 0.5) is 5.82 Å². The van der Waals surface area contributed by atoms with Crippen molar-refractivity contribution in [1.29, 1.82) is 0 Å². The van der Waals surface area contributed by atoms with Crippen molar-refractivity contribution in [3.05, 3.63) is 36.0 Å². The number of rotatable bonds is 4. The van der Waals surface area contributed by atoms with E-state index in [2.05, 4.69) is 9.97 Å². The minimum absolute atomic E-state index is 0.338. The van der Waals surface area contributed by atoms with E-state index < -0.39 is 0 Å². The minimum Gasteiger partial charge on any atom is -0.494 e. The van der Waals surface area contributed by atoms with Gasteiger partial charge in [-0.2, -0.15) is 0 Å². The Morgan fingerprint density at radius 2 is 2.17 bits per heavy atom. The lowest BCUT2D eigenvalue weighted by Crippen LogP contribution is -2.05. The van der Waals surface area contributed by atoms with Gasteiger partial charge in [0, 0.05) is 23.9 Å². The molecule has 1 aromatic carbocycles. The monoisotopic (exact) mass is 244 g/mol. The van der Waals surface area contributed by atoms with Crippen LogP contribution in [0.15, 0.2) is 30.5 Å². The van der Waals surface area contributed by atoms with Crippen LogP contribution in [0.2, 0.25) is 0 Å². The van der Waals surface area contributed by atoms with Crippen LogP contribution in [-0.4, -0.2) is 16.6 Å². The van der Waals surface area contributed by atoms with Gasteiger partial charge in [0.1, 0.15) is 11.6 Å². The molecule has 0 aliphatic rings. The molecule has 0 atom stereocenters. The van der Waals surface area contributed by atoms with Gasteiger partial charge in [-0.15, -0.1) is 0 Å². The molecule has 4 N–H and O–H groups in total. The van der Waals surface area contributed by atoms with Gasteiger partial charge in [-0.3, -0.25) is 0 Å². The van der Waals surface area contributed by atoms with Crippen LogP contribution in [0.5, 0.6) is 5.75 Å². The lowest BCUT2D eigenvalue weighted by atomic mass is 10.2. The van der Waals surface area contributed by atoms with E-state index in [1.807, 2.05) is 31.2 Å². The Balaban J connectivity index is 2.36. The van der Waals surface area contributed by atoms with Crippen LogP contribution in [0.1, 0.15) is 12.5 Å². The molecule has 0 amide bonds. The van der Waals surface area contributed by atoms with E-state index in [0.29, 0.717) is 24.8 Å². The Kier molecular flexibility index (Phi) is 3.74. The van der Waals surface area contributed by atoms with Crippen LogP contribution in [0, 0.1) is 0 Å². The fourth-order valence-electron chi connectivity index (χ4n) is 1.61. The molecule has 0 saturated carbocycles. The smallest absolute Gasteiger partial charge is 0.161 e. The zero-order valence-corrected chi connectivity index (χ0v) is 10.3. The summed E-state index contributed by atoms with van der Waals surface area (Å²) in [5, 5.41) is 0. The van der Waals surface area contributed by atoms with Gasteiger partial charge < -0.3 is 16.2 Å². The fraction of sp³-hybridized carbons (Fsp3) is 0.231. The molecule has 5 nitrogen and oxygen atoms in total. The summed E-state index contributed by atoms with van der Waals surface area (Å²) in [5.74, 6) is 1.79. The predicted molar refractivity (Wildman–Crippen MR) is 70.9 cm³/mol. The molecule has 94 valence electrons. The number of aromatic nitrogens is 2. The molecule has 0 spiro atoms. The molecule has 18 heavy (non-hydrogen) atoms. The highest BCUT2D eigenvalue weighted by Gasteiger charge is 2.06. The van der Waals surface area contributed by atoms with E-state index in [0.717, 1.165) is 16.9 Å². The lowest BCUT2D eigenvalue weighted by Gasteiger charge is -2.07. The van der Waals surface area contributed by atoms with Crippen molar-refractivity contribution in [2.24, 2.45) is 5.73 Å². The maximum absolute atomic E-state index is 5.80. The maximum atomic E-state index is 5.80. The number of nitrogen functional groups attached to an aromatic ring is 1. The Morgan fingerprint density at radius 3 is 2.83 bits per heavy atom. The highest BCUT2D eigenvalue weighted by Crippen LogP contribution is 2.22. The summed E-state index contributed by atoms with van der Waals surface area (Å²) in [6, 6.07) is 7.60. The van der Waals surface area contributed by atoms with Crippen LogP contribution in [0.3, 0.4) is 0 Å². The van der Waals surface area contributed by atoms with Gasteiger partial charge in [0.05, 0.1) is 6.61 Å². The molecule has 0 saturated heterocycles. The van der Waals surface area contributed by atoms with Crippen LogP contribution in [0.25, 0.3) is 11.4 Å². The third-order valence-corrected chi connectivity index (χ3v) is 2.52. The van der Waals surface area contributed by atoms with Gasteiger partial charge >= 0.3 is 0 Å². The molecule has 0 aliphatic carbocycles. The maximum Gasteiger partial charge on any atom is 0.161 e. The standard InChI is InChI=1S/C13H16N4O/c1-2-18-11-5-3-4-9(6-11)13-16-8-10(7-14)12(15)17-13/h3-6,8H,2,7,14H2,1H3,(H2,15,16,17). The van der Waals surface area contributed by atoms with E-state index in [4.69, 9.17) is 16.2 Å². The predicted octanol–water partition coefficient (Wildman–Crippen LogP) is 1.58. The summed E-state index contributed by atoms with van der Waals surface area (Å²) in [6.45, 7) is 2.90. The van der Waals surface area contributed by atoms with Crippen molar-refractivity contribution < 1.29 is 4.74 Å². The van der Waals surface area contributed by atoms with Gasteiger partial charge in [0.15, 0.2) is 5.82 Å². The summed E-state index contributed by atoms with van der Waals surface area (Å²) in [5.41, 5.74) is 12.9. The second-order valence-corrected chi connectivity index (χ2v) is 3.77. The number of benzene rings is 1. The molecule has 5 heteroatoms. The lowest BCUT2D eigenvalue weighted by molar-refractivity contribution is 0.340. The molecule has 0 bridgehead atoms. The van der Waals surface area contributed by atoms with Gasteiger partial charge in [-0.05, 0) is 19.1 Å². The van der Waals surface area contributed by atoms with E-state index in [1.54, 1.807) is 6.20 Å². The summed E-state index contributed by atoms with van der Waals surface area (Å²) < 4.78 is 5.44. The van der Waals surface area contributed by atoms with Gasteiger partial charge in [-0.25, -0.2) is 9.97 Å². The quantitative estimate of drug-likeness (QED) is 0.852. The topological polar surface area (TPSA) is 87.0 Å². The molecule has 2 rings (SSSR count). The van der Waals surface area contributed by atoms with Gasteiger partial charge in [-0.1, -0.05) is 12.1 Å². The van der Waals surface area contributed by atoms with E-state index >= 15 is 0 Å². The number of anilines is 1. The number of hydrogen-bond donors (Lipinski definition) is 2. The van der Waals surface area contributed by atoms with Gasteiger partial charge in [0.2, 0.25) is 0 Å². The van der Waals surface area contributed by atoms with Crippen LogP contribution < -0.4 is 16.2 Å². The molecule has 0 radical (unpaired) electrons. The number of nitrogens with zero attached hydrogens (tertiary/aromatic N) is 2. The Labute approximate surface area is 106 Å². The zero-order chi connectivity index (χ0) is 13.0. The second kappa shape index (κ2) is 5.46. The van der Waals surface area contributed by atoms with Crippen molar-refractivity contribution in [2.45, 2.75) is 13.5 Å². The minimum atomic E-state index is 0.338. The van der Waals surface area contributed by atoms with E-state index in [9.17, 15) is 0 Å². The molecular weight excluding hydrogens is 228 g/mol. The van der Waals surface area contributed by atoms with Crippen LogP contribution >= 0.6 is 0 Å². The van der Waals surface area contributed by atoms with E-state index in [-0.39, 0.29) is 0 Å². The number of hydrogen-bond acceptors (Lipinski definition) is 5. The first kappa shape index (κ1) is 12.3. The van der Waals surface area contributed by atoms with Crippen molar-refractivity contribution in [2.75, 3.05) is 12.3 Å². The normalized spacial score (nSPS) is 10.3. The Morgan fingerprint density at radius 1 is 1.33 bits per heavy atom. The van der Waals surface area contributed by atoms with Crippen molar-refractivity contribution >= 4 is 5.82 Å². The Hall–Kier alpha value is -2.14. The average Bonchev–Trinajstić information content (AvgIpc) is 2.39. The summed E-state index contributed by atoms with van der Waals surface area (Å²) in [6.07, 6.45) is 1.66. The molecule has 0 aliphatic heterocycles. The molecular formula is C13H16N4O. The van der Waals surface area contributed by atoms with Crippen molar-refractivity contribution in [3.8, 4) is 17.1 Å². The zero-order valence-electron chi connectivity index (χ0n) is 10.3. The Bertz CT molecular complexity index is 542. The van der Waals surface area contributed by atoms with Gasteiger partial charge in [0.25, 0.3) is 0 Å². The first-order valence-corrected chi connectivity index (χ1v) is 5.79. The fourth-order valence-corrected chi connectivity index (χ4v) is 1.61. The molecule has 1 heterocycles. The highest BCUT2D eigenvalue weighted by atomic mass is 16.5. The van der Waals surface area contributed by atoms with E-state index in [1.165, 1.54) is 0 Å². The molecule has 0 fully saturated rings. The third-order valence-electron chi connectivity index (χ3n) is 2.52. The van der Waals surface area contributed by atoms with Crippen molar-refractivity contribution in [1.82, 2.24) is 9.97 Å². The third kappa shape index (κ3) is 2.57. The molecule has 2 aromatic rings. The second-order valence-electron chi connectivity index (χ2n) is 3.77. The number of ether oxygens (including phenoxy) is 1. The summed E-state index contributed by atoms with van der Waals surface area (Å²) in [4.78, 5) is 8.50. The average molecular weight is 244 g/mol. The van der Waals surface area contributed by atoms with Crippen LogP contribution in [-0.2, 0) is 6.54 Å². The molecule has 1 aromatic heterocycles. The van der Waals surface area contributed by atoms with Crippen molar-refractivity contribution in [3.63, 3.8) is 0 Å². The highest BCUT2D eigenvalue weighted by molar-refractivity contribution is 5.59. The first-order chi connectivity index (χ1) is 8.74. The summed E-state index contributed by atoms with van der Waals surface area (Å²) >= 11 is 0. The molecule has 0 unspecified atom stereocenters. The largest absolute Gasteiger partial charge is 0.494 e. The SMILES string of the molecule is CCOc1cccc(-c2ncc(CN)c(N)n2)c1.